The summed E-state index contributed by atoms with van der Waals surface area (Å²) in [5.74, 6) is 1.08. The summed E-state index contributed by atoms with van der Waals surface area (Å²) in [6.07, 6.45) is -0.896. The quantitative estimate of drug-likeness (QED) is 0.673. The molecule has 0 saturated heterocycles. The van der Waals surface area contributed by atoms with E-state index in [0.29, 0.717) is 11.5 Å². The molecule has 17 heavy (non-hydrogen) atoms. The predicted molar refractivity (Wildman–Crippen MR) is 64.2 cm³/mol. The lowest BCUT2D eigenvalue weighted by Crippen LogP contribution is -2.21. The highest BCUT2D eigenvalue weighted by Crippen LogP contribution is 2.29. The van der Waals surface area contributed by atoms with Crippen molar-refractivity contribution in [2.24, 2.45) is 5.73 Å². The molecule has 0 aliphatic rings. The molecule has 0 bridgehead atoms. The molecule has 1 rings (SSSR count). The van der Waals surface area contributed by atoms with Crippen LogP contribution in [-0.4, -0.2) is 36.6 Å². The maximum Gasteiger partial charge on any atom is 0.161 e. The van der Waals surface area contributed by atoms with Gasteiger partial charge in [0.1, 0.15) is 12.7 Å². The number of hydrogen-bond acceptors (Lipinski definition) is 5. The minimum Gasteiger partial charge on any atom is -0.493 e. The van der Waals surface area contributed by atoms with Crippen molar-refractivity contribution in [1.29, 1.82) is 0 Å². The molecule has 0 heterocycles. The third-order valence-electron chi connectivity index (χ3n) is 2.36. The summed E-state index contributed by atoms with van der Waals surface area (Å²) in [6, 6.07) is 5.29. The van der Waals surface area contributed by atoms with Crippen molar-refractivity contribution in [2.75, 3.05) is 20.3 Å². The molecule has 1 aromatic carbocycles. The Morgan fingerprint density at radius 2 is 2.06 bits per heavy atom. The summed E-state index contributed by atoms with van der Waals surface area (Å²) in [7, 11) is 1.54. The van der Waals surface area contributed by atoms with Gasteiger partial charge in [-0.25, -0.2) is 0 Å². The highest BCUT2D eigenvalue weighted by Gasteiger charge is 2.10. The van der Waals surface area contributed by atoms with Crippen LogP contribution in [0.1, 0.15) is 18.5 Å². The SMILES string of the molecule is COc1cc([C@H](C)N)ccc1OCC(O)CO. The van der Waals surface area contributed by atoms with Crippen LogP contribution < -0.4 is 15.2 Å². The van der Waals surface area contributed by atoms with E-state index in [9.17, 15) is 5.11 Å². The zero-order chi connectivity index (χ0) is 12.8. The van der Waals surface area contributed by atoms with Crippen LogP contribution in [-0.2, 0) is 0 Å². The van der Waals surface area contributed by atoms with E-state index in [4.69, 9.17) is 20.3 Å². The molecule has 0 aromatic heterocycles. The van der Waals surface area contributed by atoms with Gasteiger partial charge in [0.25, 0.3) is 0 Å². The van der Waals surface area contributed by atoms with Crippen molar-refractivity contribution in [2.45, 2.75) is 19.1 Å². The highest BCUT2D eigenvalue weighted by molar-refractivity contribution is 5.43. The smallest absolute Gasteiger partial charge is 0.161 e. The van der Waals surface area contributed by atoms with Gasteiger partial charge in [0.05, 0.1) is 13.7 Å². The molecule has 4 N–H and O–H groups in total. The van der Waals surface area contributed by atoms with Gasteiger partial charge in [-0.15, -0.1) is 0 Å². The maximum atomic E-state index is 9.19. The maximum absolute atomic E-state index is 9.19. The van der Waals surface area contributed by atoms with Crippen LogP contribution in [0.5, 0.6) is 11.5 Å². The molecule has 0 saturated carbocycles. The van der Waals surface area contributed by atoms with Crippen LogP contribution >= 0.6 is 0 Å². The van der Waals surface area contributed by atoms with Crippen LogP contribution in [0.4, 0.5) is 0 Å². The Bertz CT molecular complexity index is 354. The molecule has 5 nitrogen and oxygen atoms in total. The Hall–Kier alpha value is -1.30. The molecule has 5 heteroatoms. The summed E-state index contributed by atoms with van der Waals surface area (Å²) in [5.41, 5.74) is 6.70. The first-order valence-corrected chi connectivity index (χ1v) is 5.43. The number of benzene rings is 1. The average molecular weight is 241 g/mol. The van der Waals surface area contributed by atoms with Crippen molar-refractivity contribution in [3.05, 3.63) is 23.8 Å². The van der Waals surface area contributed by atoms with E-state index in [2.05, 4.69) is 0 Å². The standard InChI is InChI=1S/C12H19NO4/c1-8(13)9-3-4-11(12(5-9)16-2)17-7-10(15)6-14/h3-5,8,10,14-15H,6-7,13H2,1-2H3/t8-,10?/m0/s1. The number of aliphatic hydroxyl groups is 2. The van der Waals surface area contributed by atoms with Gasteiger partial charge in [-0.3, -0.25) is 0 Å². The molecular weight excluding hydrogens is 222 g/mol. The summed E-state index contributed by atoms with van der Waals surface area (Å²) in [6.45, 7) is 1.56. The summed E-state index contributed by atoms with van der Waals surface area (Å²) < 4.78 is 10.5. The summed E-state index contributed by atoms with van der Waals surface area (Å²) >= 11 is 0. The third kappa shape index (κ3) is 3.89. The van der Waals surface area contributed by atoms with Crippen molar-refractivity contribution in [1.82, 2.24) is 0 Å². The fraction of sp³-hybridized carbons (Fsp3) is 0.500. The highest BCUT2D eigenvalue weighted by atomic mass is 16.5. The molecule has 0 aliphatic carbocycles. The molecule has 0 radical (unpaired) electrons. The molecule has 96 valence electrons. The average Bonchev–Trinajstić information content (AvgIpc) is 2.35. The number of ether oxygens (including phenoxy) is 2. The predicted octanol–water partition coefficient (Wildman–Crippen LogP) is 0.447. The fourth-order valence-electron chi connectivity index (χ4n) is 1.33. The van der Waals surface area contributed by atoms with Crippen molar-refractivity contribution < 1.29 is 19.7 Å². The molecule has 1 unspecified atom stereocenters. The first-order chi connectivity index (χ1) is 8.08. The first kappa shape index (κ1) is 13.8. The van der Waals surface area contributed by atoms with E-state index in [1.807, 2.05) is 13.0 Å². The van der Waals surface area contributed by atoms with Gasteiger partial charge in [0.15, 0.2) is 11.5 Å². The Kier molecular flexibility index (Phi) is 5.21. The minimum atomic E-state index is -0.896. The lowest BCUT2D eigenvalue weighted by molar-refractivity contribution is 0.0527. The van der Waals surface area contributed by atoms with Gasteiger partial charge >= 0.3 is 0 Å². The Morgan fingerprint density at radius 3 is 2.59 bits per heavy atom. The number of aliphatic hydroxyl groups excluding tert-OH is 2. The van der Waals surface area contributed by atoms with Gasteiger partial charge in [-0.05, 0) is 24.6 Å². The molecule has 0 aliphatic heterocycles. The van der Waals surface area contributed by atoms with Crippen LogP contribution in [0.2, 0.25) is 0 Å². The van der Waals surface area contributed by atoms with E-state index in [0.717, 1.165) is 5.56 Å². The topological polar surface area (TPSA) is 84.9 Å². The van der Waals surface area contributed by atoms with E-state index < -0.39 is 6.10 Å². The van der Waals surface area contributed by atoms with Gasteiger partial charge < -0.3 is 25.4 Å². The number of methoxy groups -OCH3 is 1. The zero-order valence-electron chi connectivity index (χ0n) is 10.1. The van der Waals surface area contributed by atoms with Crippen LogP contribution in [0.25, 0.3) is 0 Å². The second-order valence-corrected chi connectivity index (χ2v) is 3.85. The zero-order valence-corrected chi connectivity index (χ0v) is 10.1. The summed E-state index contributed by atoms with van der Waals surface area (Å²) in [5, 5.41) is 17.9. The monoisotopic (exact) mass is 241 g/mol. The molecule has 1 aromatic rings. The lowest BCUT2D eigenvalue weighted by atomic mass is 10.1. The van der Waals surface area contributed by atoms with Crippen molar-refractivity contribution in [3.8, 4) is 11.5 Å². The largest absolute Gasteiger partial charge is 0.493 e. The summed E-state index contributed by atoms with van der Waals surface area (Å²) in [4.78, 5) is 0. The Balaban J connectivity index is 2.78. The fourth-order valence-corrected chi connectivity index (χ4v) is 1.33. The number of hydrogen-bond donors (Lipinski definition) is 3. The Labute approximate surface area is 101 Å². The van der Waals surface area contributed by atoms with Crippen LogP contribution in [0.3, 0.4) is 0 Å². The molecular formula is C12H19NO4. The third-order valence-corrected chi connectivity index (χ3v) is 2.36. The molecule has 2 atom stereocenters. The van der Waals surface area contributed by atoms with Crippen LogP contribution in [0.15, 0.2) is 18.2 Å². The van der Waals surface area contributed by atoms with Gasteiger partial charge in [-0.1, -0.05) is 6.07 Å². The van der Waals surface area contributed by atoms with E-state index in [1.165, 1.54) is 7.11 Å². The van der Waals surface area contributed by atoms with E-state index in [-0.39, 0.29) is 19.3 Å². The lowest BCUT2D eigenvalue weighted by Gasteiger charge is -2.15. The van der Waals surface area contributed by atoms with E-state index in [1.54, 1.807) is 12.1 Å². The van der Waals surface area contributed by atoms with Gasteiger partial charge in [0, 0.05) is 6.04 Å². The Morgan fingerprint density at radius 1 is 1.35 bits per heavy atom. The van der Waals surface area contributed by atoms with Gasteiger partial charge in [0.2, 0.25) is 0 Å². The number of rotatable bonds is 6. The van der Waals surface area contributed by atoms with E-state index >= 15 is 0 Å². The minimum absolute atomic E-state index is 0.0182. The second kappa shape index (κ2) is 6.44. The van der Waals surface area contributed by atoms with Gasteiger partial charge in [-0.2, -0.15) is 0 Å². The molecule has 0 spiro atoms. The second-order valence-electron chi connectivity index (χ2n) is 3.85. The van der Waals surface area contributed by atoms with Crippen LogP contribution in [0, 0.1) is 0 Å². The first-order valence-electron chi connectivity index (χ1n) is 5.43. The normalized spacial score (nSPS) is 14.2. The molecule has 0 amide bonds. The van der Waals surface area contributed by atoms with Crippen molar-refractivity contribution >= 4 is 0 Å². The van der Waals surface area contributed by atoms with Crippen molar-refractivity contribution in [3.63, 3.8) is 0 Å². The molecule has 0 fully saturated rings. The number of nitrogens with two attached hydrogens (primary N) is 1.